The quantitative estimate of drug-likeness (QED) is 0.745. The molecule has 1 aromatic rings. The number of carbonyl (C=O) groups is 2. The number of benzene rings is 1. The highest BCUT2D eigenvalue weighted by molar-refractivity contribution is 9.10. The van der Waals surface area contributed by atoms with E-state index in [0.29, 0.717) is 60.1 Å². The van der Waals surface area contributed by atoms with Crippen molar-refractivity contribution in [1.29, 1.82) is 0 Å². The van der Waals surface area contributed by atoms with Crippen molar-refractivity contribution < 1.29 is 19.1 Å². The monoisotopic (exact) mass is 412 g/mol. The highest BCUT2D eigenvalue weighted by atomic mass is 79.9. The van der Waals surface area contributed by atoms with Crippen molar-refractivity contribution in [2.75, 3.05) is 40.4 Å². The normalized spacial score (nSPS) is 14.6. The summed E-state index contributed by atoms with van der Waals surface area (Å²) < 4.78 is 11.3. The van der Waals surface area contributed by atoms with E-state index in [-0.39, 0.29) is 11.8 Å². The van der Waals surface area contributed by atoms with Gasteiger partial charge in [-0.3, -0.25) is 9.59 Å². The molecule has 0 radical (unpaired) electrons. The van der Waals surface area contributed by atoms with Gasteiger partial charge in [-0.1, -0.05) is 13.8 Å². The molecule has 0 atom stereocenters. The predicted molar refractivity (Wildman–Crippen MR) is 99.2 cm³/mol. The van der Waals surface area contributed by atoms with Crippen LogP contribution in [0.3, 0.4) is 0 Å². The van der Waals surface area contributed by atoms with Crippen LogP contribution in [0.25, 0.3) is 0 Å². The molecule has 0 unspecified atom stereocenters. The lowest BCUT2D eigenvalue weighted by Gasteiger charge is -2.35. The molecule has 0 aromatic heterocycles. The van der Waals surface area contributed by atoms with E-state index in [2.05, 4.69) is 15.9 Å². The molecule has 1 saturated heterocycles. The third-order valence-electron chi connectivity index (χ3n) is 4.19. The first-order valence-electron chi connectivity index (χ1n) is 8.36. The number of rotatable bonds is 5. The van der Waals surface area contributed by atoms with Crippen LogP contribution in [0.5, 0.6) is 11.5 Å². The Morgan fingerprint density at radius 2 is 1.68 bits per heavy atom. The Bertz CT molecular complexity index is 640. The summed E-state index contributed by atoms with van der Waals surface area (Å²) >= 11 is 3.41. The van der Waals surface area contributed by atoms with E-state index < -0.39 is 0 Å². The van der Waals surface area contributed by atoms with Gasteiger partial charge in [-0.15, -0.1) is 0 Å². The molecule has 0 saturated carbocycles. The molecule has 2 rings (SSSR count). The average molecular weight is 413 g/mol. The van der Waals surface area contributed by atoms with Gasteiger partial charge in [-0.25, -0.2) is 0 Å². The number of nitrogens with zero attached hydrogens (tertiary/aromatic N) is 2. The minimum Gasteiger partial charge on any atom is -0.497 e. The van der Waals surface area contributed by atoms with Crippen molar-refractivity contribution in [3.8, 4) is 11.5 Å². The van der Waals surface area contributed by atoms with Crippen molar-refractivity contribution in [2.24, 2.45) is 5.92 Å². The summed E-state index contributed by atoms with van der Waals surface area (Å²) in [6.45, 7) is 6.21. The van der Waals surface area contributed by atoms with Crippen LogP contribution in [0.2, 0.25) is 0 Å². The first-order valence-corrected chi connectivity index (χ1v) is 9.15. The zero-order valence-electron chi connectivity index (χ0n) is 15.2. The van der Waals surface area contributed by atoms with Gasteiger partial charge in [0.25, 0.3) is 5.91 Å². The summed E-state index contributed by atoms with van der Waals surface area (Å²) in [6.07, 6.45) is 0.546. The van der Waals surface area contributed by atoms with Crippen LogP contribution >= 0.6 is 15.9 Å². The smallest absolute Gasteiger partial charge is 0.257 e. The molecular formula is C18H25BrN2O4. The maximum atomic E-state index is 12.9. The third kappa shape index (κ3) is 4.66. The van der Waals surface area contributed by atoms with Crippen molar-refractivity contribution in [1.82, 2.24) is 9.80 Å². The molecule has 1 aliphatic rings. The SMILES string of the molecule is COc1cc(Br)c(OC)c(C(=O)N2CCN(C(=O)CC(C)C)CC2)c1. The van der Waals surface area contributed by atoms with Crippen molar-refractivity contribution in [3.63, 3.8) is 0 Å². The molecule has 138 valence electrons. The second-order valence-electron chi connectivity index (χ2n) is 6.46. The zero-order valence-corrected chi connectivity index (χ0v) is 16.8. The molecule has 0 N–H and O–H groups in total. The van der Waals surface area contributed by atoms with Crippen molar-refractivity contribution in [3.05, 3.63) is 22.2 Å². The van der Waals surface area contributed by atoms with Crippen LogP contribution in [0.1, 0.15) is 30.6 Å². The van der Waals surface area contributed by atoms with Crippen LogP contribution in [0.4, 0.5) is 0 Å². The number of piperazine rings is 1. The largest absolute Gasteiger partial charge is 0.497 e. The number of ether oxygens (including phenoxy) is 2. The van der Waals surface area contributed by atoms with Gasteiger partial charge in [-0.05, 0) is 34.0 Å². The fraction of sp³-hybridized carbons (Fsp3) is 0.556. The van der Waals surface area contributed by atoms with E-state index in [9.17, 15) is 9.59 Å². The average Bonchev–Trinajstić information content (AvgIpc) is 2.59. The Hall–Kier alpha value is -1.76. The van der Waals surface area contributed by atoms with E-state index in [1.807, 2.05) is 18.7 Å². The first-order chi connectivity index (χ1) is 11.9. The Labute approximate surface area is 157 Å². The summed E-state index contributed by atoms with van der Waals surface area (Å²) in [5, 5.41) is 0. The van der Waals surface area contributed by atoms with E-state index in [0.717, 1.165) is 0 Å². The molecule has 1 fully saturated rings. The lowest BCUT2D eigenvalue weighted by molar-refractivity contribution is -0.133. The first kappa shape index (κ1) is 19.6. The summed E-state index contributed by atoms with van der Waals surface area (Å²) in [6, 6.07) is 3.44. The van der Waals surface area contributed by atoms with Crippen molar-refractivity contribution >= 4 is 27.7 Å². The third-order valence-corrected chi connectivity index (χ3v) is 4.78. The van der Waals surface area contributed by atoms with Gasteiger partial charge in [0, 0.05) is 32.6 Å². The summed E-state index contributed by atoms with van der Waals surface area (Å²) in [5.41, 5.74) is 0.454. The fourth-order valence-corrected chi connectivity index (χ4v) is 3.46. The Morgan fingerprint density at radius 3 is 2.20 bits per heavy atom. The molecule has 1 heterocycles. The molecule has 2 amide bonds. The van der Waals surface area contributed by atoms with Gasteiger partial charge in [0.15, 0.2) is 0 Å². The molecule has 0 aliphatic carbocycles. The topological polar surface area (TPSA) is 59.1 Å². The van der Waals surface area contributed by atoms with E-state index in [1.54, 1.807) is 24.1 Å². The van der Waals surface area contributed by atoms with Gasteiger partial charge in [0.2, 0.25) is 5.91 Å². The summed E-state index contributed by atoms with van der Waals surface area (Å²) in [5.74, 6) is 1.45. The lowest BCUT2D eigenvalue weighted by atomic mass is 10.1. The summed E-state index contributed by atoms with van der Waals surface area (Å²) in [7, 11) is 3.09. The van der Waals surface area contributed by atoms with Crippen LogP contribution in [0, 0.1) is 5.92 Å². The van der Waals surface area contributed by atoms with Crippen LogP contribution < -0.4 is 9.47 Å². The molecule has 6 nitrogen and oxygen atoms in total. The minimum absolute atomic E-state index is 0.118. The van der Waals surface area contributed by atoms with E-state index in [1.165, 1.54) is 7.11 Å². The van der Waals surface area contributed by atoms with E-state index in [4.69, 9.17) is 9.47 Å². The maximum absolute atomic E-state index is 12.9. The maximum Gasteiger partial charge on any atom is 0.257 e. The second kappa shape index (κ2) is 8.56. The number of methoxy groups -OCH3 is 2. The van der Waals surface area contributed by atoms with Gasteiger partial charge < -0.3 is 19.3 Å². The fourth-order valence-electron chi connectivity index (χ4n) is 2.86. The molecule has 7 heteroatoms. The second-order valence-corrected chi connectivity index (χ2v) is 7.32. The highest BCUT2D eigenvalue weighted by Crippen LogP contribution is 2.34. The molecule has 0 spiro atoms. The van der Waals surface area contributed by atoms with E-state index >= 15 is 0 Å². The van der Waals surface area contributed by atoms with Gasteiger partial charge in [0.05, 0.1) is 24.3 Å². The summed E-state index contributed by atoms with van der Waals surface area (Å²) in [4.78, 5) is 28.7. The number of halogens is 1. The Balaban J connectivity index is 2.10. The highest BCUT2D eigenvalue weighted by Gasteiger charge is 2.27. The molecule has 0 bridgehead atoms. The van der Waals surface area contributed by atoms with Gasteiger partial charge in [-0.2, -0.15) is 0 Å². The number of hydrogen-bond donors (Lipinski definition) is 0. The zero-order chi connectivity index (χ0) is 18.6. The van der Waals surface area contributed by atoms with Crippen LogP contribution in [-0.2, 0) is 4.79 Å². The van der Waals surface area contributed by atoms with Crippen LogP contribution in [-0.4, -0.2) is 62.0 Å². The molecule has 1 aliphatic heterocycles. The Kier molecular flexibility index (Phi) is 6.70. The predicted octanol–water partition coefficient (Wildman–Crippen LogP) is 2.80. The standard InChI is InChI=1S/C18H25BrN2O4/c1-12(2)9-16(22)20-5-7-21(8-6-20)18(23)14-10-13(24-3)11-15(19)17(14)25-4/h10-12H,5-9H2,1-4H3. The number of amides is 2. The van der Waals surface area contributed by atoms with Crippen LogP contribution in [0.15, 0.2) is 16.6 Å². The molecular weight excluding hydrogens is 388 g/mol. The minimum atomic E-state index is -0.118. The Morgan fingerprint density at radius 1 is 1.08 bits per heavy atom. The lowest BCUT2D eigenvalue weighted by Crippen LogP contribution is -2.50. The van der Waals surface area contributed by atoms with Gasteiger partial charge in [0.1, 0.15) is 11.5 Å². The molecule has 1 aromatic carbocycles. The number of hydrogen-bond acceptors (Lipinski definition) is 4. The van der Waals surface area contributed by atoms with Gasteiger partial charge >= 0.3 is 0 Å². The van der Waals surface area contributed by atoms with Crippen molar-refractivity contribution in [2.45, 2.75) is 20.3 Å². The number of carbonyl (C=O) groups excluding carboxylic acids is 2. The molecule has 25 heavy (non-hydrogen) atoms.